The lowest BCUT2D eigenvalue weighted by molar-refractivity contribution is 0.174. The maximum Gasteiger partial charge on any atom is 0.231 e. The van der Waals surface area contributed by atoms with Crippen LogP contribution in [0.5, 0.6) is 11.5 Å². The van der Waals surface area contributed by atoms with E-state index in [1.54, 1.807) is 12.3 Å². The van der Waals surface area contributed by atoms with E-state index in [1.807, 2.05) is 55.5 Å². The summed E-state index contributed by atoms with van der Waals surface area (Å²) in [5, 5.41) is 0.554. The summed E-state index contributed by atoms with van der Waals surface area (Å²) in [5.74, 6) is 1.88. The first-order valence-electron chi connectivity index (χ1n) is 8.76. The van der Waals surface area contributed by atoms with Gasteiger partial charge in [0.1, 0.15) is 5.52 Å². The number of fused-ring (bicyclic) bond motifs is 2. The van der Waals surface area contributed by atoms with Crippen LogP contribution in [-0.4, -0.2) is 18.0 Å². The number of rotatable bonds is 3. The van der Waals surface area contributed by atoms with Crippen molar-refractivity contribution >= 4 is 34.6 Å². The van der Waals surface area contributed by atoms with Gasteiger partial charge in [-0.2, -0.15) is 0 Å². The fourth-order valence-corrected chi connectivity index (χ4v) is 3.26. The van der Waals surface area contributed by atoms with Crippen LogP contribution in [0.25, 0.3) is 22.6 Å². The van der Waals surface area contributed by atoms with Crippen LogP contribution in [0.3, 0.4) is 0 Å². The third-order valence-electron chi connectivity index (χ3n) is 4.48. The standard InChI is InChI=1S/C22H15ClN2O3/c1-13-5-6-19-18(7-13)25-22(28-19)14-3-2-4-16(8-14)24-11-15-9-20-21(10-17(15)23)27-12-26-20/h2-11H,12H2,1H3. The molecule has 0 saturated carbocycles. The van der Waals surface area contributed by atoms with Crippen LogP contribution in [0.4, 0.5) is 5.69 Å². The van der Waals surface area contributed by atoms with Crippen LogP contribution in [0.15, 0.2) is 64.0 Å². The fraction of sp³-hybridized carbons (Fsp3) is 0.0909. The zero-order valence-electron chi connectivity index (χ0n) is 15.0. The van der Waals surface area contributed by atoms with E-state index in [-0.39, 0.29) is 6.79 Å². The normalized spacial score (nSPS) is 12.9. The average Bonchev–Trinajstić information content (AvgIpc) is 3.32. The number of aliphatic imine (C=N–C) groups is 1. The molecule has 4 aromatic rings. The Morgan fingerprint density at radius 3 is 2.79 bits per heavy atom. The lowest BCUT2D eigenvalue weighted by Gasteiger charge is -2.02. The van der Waals surface area contributed by atoms with Gasteiger partial charge in [-0.1, -0.05) is 23.7 Å². The highest BCUT2D eigenvalue weighted by Crippen LogP contribution is 2.36. The molecule has 6 heteroatoms. The van der Waals surface area contributed by atoms with Crippen molar-refractivity contribution < 1.29 is 13.9 Å². The monoisotopic (exact) mass is 390 g/mol. The van der Waals surface area contributed by atoms with Crippen molar-refractivity contribution in [2.75, 3.05) is 6.79 Å². The van der Waals surface area contributed by atoms with Crippen LogP contribution in [-0.2, 0) is 0 Å². The second-order valence-corrected chi connectivity index (χ2v) is 6.93. The number of oxazole rings is 1. The number of hydrogen-bond donors (Lipinski definition) is 0. The van der Waals surface area contributed by atoms with Gasteiger partial charge in [0, 0.05) is 23.4 Å². The number of aromatic nitrogens is 1. The molecular formula is C22H15ClN2O3. The van der Waals surface area contributed by atoms with E-state index in [0.717, 1.165) is 33.5 Å². The van der Waals surface area contributed by atoms with Gasteiger partial charge in [-0.05, 0) is 48.9 Å². The van der Waals surface area contributed by atoms with Crippen LogP contribution in [0, 0.1) is 6.92 Å². The molecule has 5 nitrogen and oxygen atoms in total. The predicted octanol–water partition coefficient (Wildman–Crippen LogP) is 5.94. The van der Waals surface area contributed by atoms with Gasteiger partial charge in [0.15, 0.2) is 17.1 Å². The molecule has 1 aromatic heterocycles. The lowest BCUT2D eigenvalue weighted by atomic mass is 10.2. The molecule has 0 N–H and O–H groups in total. The van der Waals surface area contributed by atoms with Crippen LogP contribution in [0.1, 0.15) is 11.1 Å². The van der Waals surface area contributed by atoms with Gasteiger partial charge < -0.3 is 13.9 Å². The summed E-state index contributed by atoms with van der Waals surface area (Å²) in [7, 11) is 0. The Morgan fingerprint density at radius 1 is 1.04 bits per heavy atom. The molecule has 0 spiro atoms. The van der Waals surface area contributed by atoms with E-state index in [2.05, 4.69) is 9.98 Å². The number of hydrogen-bond acceptors (Lipinski definition) is 5. The van der Waals surface area contributed by atoms with Crippen molar-refractivity contribution in [3.05, 3.63) is 70.7 Å². The second-order valence-electron chi connectivity index (χ2n) is 6.53. The molecule has 0 fully saturated rings. The van der Waals surface area contributed by atoms with Crippen molar-refractivity contribution in [1.29, 1.82) is 0 Å². The van der Waals surface area contributed by atoms with Crippen molar-refractivity contribution in [3.63, 3.8) is 0 Å². The largest absolute Gasteiger partial charge is 0.454 e. The number of benzene rings is 3. The molecule has 28 heavy (non-hydrogen) atoms. The van der Waals surface area contributed by atoms with Gasteiger partial charge in [0.2, 0.25) is 12.7 Å². The molecule has 0 amide bonds. The molecule has 5 rings (SSSR count). The van der Waals surface area contributed by atoms with Crippen molar-refractivity contribution in [1.82, 2.24) is 4.98 Å². The summed E-state index contributed by atoms with van der Waals surface area (Å²) in [4.78, 5) is 9.13. The Kier molecular flexibility index (Phi) is 4.02. The minimum Gasteiger partial charge on any atom is -0.454 e. The van der Waals surface area contributed by atoms with Gasteiger partial charge >= 0.3 is 0 Å². The SMILES string of the molecule is Cc1ccc2oc(-c3cccc(N=Cc4cc5c(cc4Cl)OCO5)c3)nc2c1. The molecule has 0 unspecified atom stereocenters. The average molecular weight is 391 g/mol. The highest BCUT2D eigenvalue weighted by atomic mass is 35.5. The van der Waals surface area contributed by atoms with E-state index < -0.39 is 0 Å². The molecule has 1 aliphatic heterocycles. The zero-order valence-corrected chi connectivity index (χ0v) is 15.7. The first-order chi connectivity index (χ1) is 13.7. The Hall–Kier alpha value is -3.31. The van der Waals surface area contributed by atoms with Crippen LogP contribution < -0.4 is 9.47 Å². The molecule has 0 saturated heterocycles. The molecule has 0 atom stereocenters. The molecular weight excluding hydrogens is 376 g/mol. The summed E-state index contributed by atoms with van der Waals surface area (Å²) >= 11 is 6.31. The zero-order chi connectivity index (χ0) is 19.1. The molecule has 0 aliphatic carbocycles. The molecule has 0 radical (unpaired) electrons. The van der Waals surface area contributed by atoms with Crippen molar-refractivity contribution in [2.24, 2.45) is 4.99 Å². The maximum atomic E-state index is 6.31. The van der Waals surface area contributed by atoms with Gasteiger partial charge in [-0.3, -0.25) is 4.99 Å². The molecule has 3 aromatic carbocycles. The van der Waals surface area contributed by atoms with Crippen molar-refractivity contribution in [2.45, 2.75) is 6.92 Å². The third-order valence-corrected chi connectivity index (χ3v) is 4.81. The van der Waals surface area contributed by atoms with E-state index >= 15 is 0 Å². The Bertz CT molecular complexity index is 1230. The fourth-order valence-electron chi connectivity index (χ4n) is 3.06. The second kappa shape index (κ2) is 6.69. The third kappa shape index (κ3) is 3.10. The smallest absolute Gasteiger partial charge is 0.231 e. The van der Waals surface area contributed by atoms with Gasteiger partial charge in [0.25, 0.3) is 0 Å². The number of halogens is 1. The number of aryl methyl sites for hydroxylation is 1. The maximum absolute atomic E-state index is 6.31. The summed E-state index contributed by atoms with van der Waals surface area (Å²) < 4.78 is 16.6. The van der Waals surface area contributed by atoms with E-state index in [4.69, 9.17) is 25.5 Å². The van der Waals surface area contributed by atoms with E-state index in [9.17, 15) is 0 Å². The minimum atomic E-state index is 0.207. The summed E-state index contributed by atoms with van der Waals surface area (Å²) in [6.45, 7) is 2.24. The Labute approximate surface area is 166 Å². The van der Waals surface area contributed by atoms with Gasteiger partial charge in [-0.15, -0.1) is 0 Å². The van der Waals surface area contributed by atoms with Gasteiger partial charge in [0.05, 0.1) is 10.7 Å². The predicted molar refractivity (Wildman–Crippen MR) is 109 cm³/mol. The first kappa shape index (κ1) is 16.8. The quantitative estimate of drug-likeness (QED) is 0.406. The summed E-state index contributed by atoms with van der Waals surface area (Å²) in [6, 6.07) is 17.2. The Balaban J connectivity index is 1.46. The van der Waals surface area contributed by atoms with E-state index in [0.29, 0.717) is 22.4 Å². The minimum absolute atomic E-state index is 0.207. The van der Waals surface area contributed by atoms with Gasteiger partial charge in [-0.25, -0.2) is 4.98 Å². The van der Waals surface area contributed by atoms with Crippen molar-refractivity contribution in [3.8, 4) is 23.0 Å². The number of ether oxygens (including phenoxy) is 2. The Morgan fingerprint density at radius 2 is 1.89 bits per heavy atom. The summed E-state index contributed by atoms with van der Waals surface area (Å²) in [6.07, 6.45) is 1.71. The first-order valence-corrected chi connectivity index (χ1v) is 9.14. The lowest BCUT2D eigenvalue weighted by Crippen LogP contribution is -1.92. The summed E-state index contributed by atoms with van der Waals surface area (Å²) in [5.41, 5.74) is 5.14. The molecule has 138 valence electrons. The van der Waals surface area contributed by atoms with Crippen LogP contribution >= 0.6 is 11.6 Å². The molecule has 2 heterocycles. The topological polar surface area (TPSA) is 56.9 Å². The van der Waals surface area contributed by atoms with E-state index in [1.165, 1.54) is 0 Å². The molecule has 0 bridgehead atoms. The highest BCUT2D eigenvalue weighted by molar-refractivity contribution is 6.33. The van der Waals surface area contributed by atoms with Crippen LogP contribution in [0.2, 0.25) is 5.02 Å². The molecule has 1 aliphatic rings. The number of nitrogens with zero attached hydrogens (tertiary/aromatic N) is 2. The highest BCUT2D eigenvalue weighted by Gasteiger charge is 2.15.